The third-order valence-electron chi connectivity index (χ3n) is 4.35. The lowest BCUT2D eigenvalue weighted by Crippen LogP contribution is -2.43. The fraction of sp³-hybridized carbons (Fsp3) is 0.579. The van der Waals surface area contributed by atoms with Crippen molar-refractivity contribution in [3.05, 3.63) is 28.7 Å². The van der Waals surface area contributed by atoms with Gasteiger partial charge in [0, 0.05) is 42.9 Å². The molecule has 0 aliphatic rings. The zero-order valence-corrected chi connectivity index (χ0v) is 19.2. The van der Waals surface area contributed by atoms with Gasteiger partial charge in [-0.2, -0.15) is 18.3 Å². The highest BCUT2D eigenvalue weighted by Crippen LogP contribution is 2.19. The normalized spacial score (nSPS) is 12.1. The Morgan fingerprint density at radius 1 is 1.07 bits per heavy atom. The quantitative estimate of drug-likeness (QED) is 0.254. The molecule has 0 unspecified atom stereocenters. The second-order valence-corrected chi connectivity index (χ2v) is 7.37. The van der Waals surface area contributed by atoms with Crippen molar-refractivity contribution in [3.63, 3.8) is 0 Å². The van der Waals surface area contributed by atoms with Crippen LogP contribution in [0.4, 0.5) is 18.9 Å². The van der Waals surface area contributed by atoms with Gasteiger partial charge in [0.25, 0.3) is 0 Å². The summed E-state index contributed by atoms with van der Waals surface area (Å²) in [5.74, 6) is -1.04. The number of halogens is 5. The summed E-state index contributed by atoms with van der Waals surface area (Å²) in [6.45, 7) is 7.74. The number of rotatable bonds is 11. The molecule has 1 amide bonds. The lowest BCUT2D eigenvalue weighted by molar-refractivity contribution is -0.132. The van der Waals surface area contributed by atoms with Crippen molar-refractivity contribution < 1.29 is 18.0 Å². The first-order valence-electron chi connectivity index (χ1n) is 9.40. The Balaban J connectivity index is 2.76. The molecule has 0 radical (unpaired) electrons. The number of anilines is 1. The Bertz CT molecular complexity index is 670. The Kier molecular flexibility index (Phi) is 10.8. The average molecular weight is 500 g/mol. The number of hydrazone groups is 1. The molecule has 1 aromatic rings. The molecule has 5 nitrogen and oxygen atoms in total. The molecule has 1 aromatic carbocycles. The van der Waals surface area contributed by atoms with Crippen molar-refractivity contribution in [1.82, 2.24) is 9.91 Å². The van der Waals surface area contributed by atoms with Crippen LogP contribution in [0.3, 0.4) is 0 Å². The molecule has 0 aliphatic carbocycles. The van der Waals surface area contributed by atoms with Crippen molar-refractivity contribution in [2.45, 2.75) is 26.9 Å². The van der Waals surface area contributed by atoms with Crippen LogP contribution in [-0.4, -0.2) is 72.9 Å². The number of benzene rings is 1. The fourth-order valence-electron chi connectivity index (χ4n) is 2.63. The third kappa shape index (κ3) is 8.42. The topological polar surface area (TPSA) is 39.2 Å². The first kappa shape index (κ1) is 25.6. The Morgan fingerprint density at radius 3 is 2.14 bits per heavy atom. The second-order valence-electron chi connectivity index (χ2n) is 6.19. The van der Waals surface area contributed by atoms with Gasteiger partial charge in [0.15, 0.2) is 5.71 Å². The molecule has 10 heteroatoms. The maximum atomic E-state index is 12.9. The summed E-state index contributed by atoms with van der Waals surface area (Å²) in [7, 11) is 0. The number of hydrogen-bond donors (Lipinski definition) is 0. The Hall–Kier alpha value is -1.48. The van der Waals surface area contributed by atoms with Crippen LogP contribution in [-0.2, 0) is 4.79 Å². The van der Waals surface area contributed by atoms with E-state index in [0.29, 0.717) is 19.6 Å². The molecule has 29 heavy (non-hydrogen) atoms. The van der Waals surface area contributed by atoms with Crippen LogP contribution in [0.25, 0.3) is 0 Å². The van der Waals surface area contributed by atoms with Crippen molar-refractivity contribution in [2.24, 2.45) is 5.10 Å². The summed E-state index contributed by atoms with van der Waals surface area (Å²) in [4.78, 5) is 16.4. The lowest BCUT2D eigenvalue weighted by atomic mass is 10.3. The van der Waals surface area contributed by atoms with E-state index < -0.39 is 17.8 Å². The number of hydrogen-bond acceptors (Lipinski definition) is 4. The summed E-state index contributed by atoms with van der Waals surface area (Å²) in [6, 6.07) is 7.88. The second kappa shape index (κ2) is 12.3. The van der Waals surface area contributed by atoms with Gasteiger partial charge in [0.1, 0.15) is 6.54 Å². The molecule has 1 rings (SSSR count). The van der Waals surface area contributed by atoms with Crippen LogP contribution in [0.15, 0.2) is 33.8 Å². The number of carbonyl (C=O) groups excluding carboxylic acids is 1. The van der Waals surface area contributed by atoms with E-state index in [1.165, 1.54) is 0 Å². The number of carbonyl (C=O) groups is 1. The number of amides is 1. The predicted octanol–water partition coefficient (Wildman–Crippen LogP) is 4.60. The lowest BCUT2D eigenvalue weighted by Gasteiger charge is -2.29. The van der Waals surface area contributed by atoms with Crippen molar-refractivity contribution in [1.29, 1.82) is 0 Å². The van der Waals surface area contributed by atoms with Crippen LogP contribution < -0.4 is 4.90 Å². The molecule has 164 valence electrons. The zero-order chi connectivity index (χ0) is 22.0. The van der Waals surface area contributed by atoms with Gasteiger partial charge in [-0.05, 0) is 45.0 Å². The van der Waals surface area contributed by atoms with Gasteiger partial charge >= 0.3 is 6.18 Å². The highest BCUT2D eigenvalue weighted by molar-refractivity contribution is 9.10. The molecule has 0 fully saturated rings. The molecule has 0 heterocycles. The van der Waals surface area contributed by atoms with E-state index in [-0.39, 0.29) is 19.0 Å². The van der Waals surface area contributed by atoms with Crippen molar-refractivity contribution in [3.8, 4) is 0 Å². The van der Waals surface area contributed by atoms with Gasteiger partial charge in [-0.15, -0.1) is 11.6 Å². The van der Waals surface area contributed by atoms with Gasteiger partial charge < -0.3 is 9.80 Å². The number of nitrogens with zero attached hydrogens (tertiary/aromatic N) is 4. The summed E-state index contributed by atoms with van der Waals surface area (Å²) in [5.41, 5.74) is -0.0693. The minimum Gasteiger partial charge on any atom is -0.370 e. The summed E-state index contributed by atoms with van der Waals surface area (Å²) in [5, 5.41) is 4.64. The molecular formula is C19H27BrClF3N4O. The molecule has 0 spiro atoms. The van der Waals surface area contributed by atoms with Gasteiger partial charge in [-0.25, -0.2) is 0 Å². The van der Waals surface area contributed by atoms with Gasteiger partial charge in [-0.1, -0.05) is 15.9 Å². The number of alkyl halides is 4. The first-order valence-corrected chi connectivity index (χ1v) is 10.7. The van der Waals surface area contributed by atoms with Crippen molar-refractivity contribution in [2.75, 3.05) is 50.0 Å². The molecule has 0 saturated heterocycles. The molecule has 0 N–H and O–H groups in total. The maximum absolute atomic E-state index is 12.9. The first-order chi connectivity index (χ1) is 13.7. The monoisotopic (exact) mass is 498 g/mol. The van der Waals surface area contributed by atoms with Crippen LogP contribution in [0, 0.1) is 0 Å². The molecule has 0 bridgehead atoms. The summed E-state index contributed by atoms with van der Waals surface area (Å²) in [6.07, 6.45) is -4.62. The summed E-state index contributed by atoms with van der Waals surface area (Å²) >= 11 is 8.77. The van der Waals surface area contributed by atoms with Crippen LogP contribution >= 0.6 is 27.5 Å². The van der Waals surface area contributed by atoms with Crippen LogP contribution in [0.2, 0.25) is 0 Å². The van der Waals surface area contributed by atoms with E-state index in [1.54, 1.807) is 11.8 Å². The van der Waals surface area contributed by atoms with Gasteiger partial charge in [0.2, 0.25) is 5.91 Å². The standard InChI is InChI=1S/C19H27BrClF3N4O/c1-4-26(16-9-7-15(20)8-10-16)11-12-27(5-2)18(29)14-28(6-3)25-17(13-21)19(22,23)24/h7-10H,4-6,11-14H2,1-3H3/b25-17+. The van der Waals surface area contributed by atoms with E-state index in [9.17, 15) is 18.0 Å². The molecule has 0 atom stereocenters. The van der Waals surface area contributed by atoms with Gasteiger partial charge in [0.05, 0.1) is 5.88 Å². The number of likely N-dealkylation sites (N-methyl/N-ethyl adjacent to an activating group) is 3. The molecular weight excluding hydrogens is 473 g/mol. The van der Waals surface area contributed by atoms with Gasteiger partial charge in [-0.3, -0.25) is 9.80 Å². The highest BCUT2D eigenvalue weighted by Gasteiger charge is 2.35. The Morgan fingerprint density at radius 2 is 1.69 bits per heavy atom. The maximum Gasteiger partial charge on any atom is 0.432 e. The van der Waals surface area contributed by atoms with E-state index in [0.717, 1.165) is 21.7 Å². The minimum absolute atomic E-state index is 0.166. The Labute approximate surface area is 183 Å². The van der Waals surface area contributed by atoms with E-state index in [1.807, 2.05) is 38.1 Å². The SMILES string of the molecule is CCN(CC(=O)N(CC)CCN(CC)c1ccc(Br)cc1)/N=C(\CCl)C(F)(F)F. The van der Waals surface area contributed by atoms with E-state index >= 15 is 0 Å². The molecule has 0 aromatic heterocycles. The smallest absolute Gasteiger partial charge is 0.370 e. The highest BCUT2D eigenvalue weighted by atomic mass is 79.9. The fourth-order valence-corrected chi connectivity index (χ4v) is 3.10. The minimum atomic E-state index is -4.62. The zero-order valence-electron chi connectivity index (χ0n) is 16.8. The average Bonchev–Trinajstić information content (AvgIpc) is 2.68. The van der Waals surface area contributed by atoms with Crippen LogP contribution in [0.1, 0.15) is 20.8 Å². The van der Waals surface area contributed by atoms with Crippen LogP contribution in [0.5, 0.6) is 0 Å². The molecule has 0 saturated carbocycles. The van der Waals surface area contributed by atoms with E-state index in [2.05, 4.69) is 25.9 Å². The third-order valence-corrected chi connectivity index (χ3v) is 5.13. The summed E-state index contributed by atoms with van der Waals surface area (Å²) < 4.78 is 39.6. The molecule has 0 aliphatic heterocycles. The predicted molar refractivity (Wildman–Crippen MR) is 116 cm³/mol. The van der Waals surface area contributed by atoms with E-state index in [4.69, 9.17) is 11.6 Å². The largest absolute Gasteiger partial charge is 0.432 e. The van der Waals surface area contributed by atoms with Crippen molar-refractivity contribution >= 4 is 44.8 Å².